The molecule has 1 aromatic heterocycles. The molecule has 0 atom stereocenters. The largest absolute Gasteiger partial charge is 0.484 e. The number of carbonyl (C=O) groups excluding carboxylic acids is 1. The summed E-state index contributed by atoms with van der Waals surface area (Å²) in [5, 5.41) is 7.12. The summed E-state index contributed by atoms with van der Waals surface area (Å²) in [5.41, 5.74) is -0.354. The van der Waals surface area contributed by atoms with Crippen LogP contribution in [-0.4, -0.2) is 22.3 Å². The third kappa shape index (κ3) is 4.66. The molecule has 0 spiro atoms. The molecular weight excluding hydrogens is 480 g/mol. The van der Waals surface area contributed by atoms with E-state index in [9.17, 15) is 26.7 Å². The Morgan fingerprint density at radius 3 is 2.19 bits per heavy atom. The Hall–Kier alpha value is -2.85. The van der Waals surface area contributed by atoms with Crippen molar-refractivity contribution in [3.05, 3.63) is 74.3 Å². The van der Waals surface area contributed by atoms with Gasteiger partial charge >= 0.3 is 0 Å². The van der Waals surface area contributed by atoms with Gasteiger partial charge in [-0.15, -0.1) is 0 Å². The number of aryl methyl sites for hydroxylation is 1. The number of amides is 1. The van der Waals surface area contributed by atoms with E-state index in [1.54, 1.807) is 0 Å². The third-order valence-corrected chi connectivity index (χ3v) is 5.25. The highest BCUT2D eigenvalue weighted by Crippen LogP contribution is 2.27. The fourth-order valence-electron chi connectivity index (χ4n) is 2.86. The van der Waals surface area contributed by atoms with Gasteiger partial charge in [-0.05, 0) is 26.0 Å². The second-order valence-corrected chi connectivity index (χ2v) is 7.48. The highest BCUT2D eigenvalue weighted by atomic mass is 35.5. The number of hydrogen-bond acceptors (Lipinski definition) is 3. The van der Waals surface area contributed by atoms with Crippen molar-refractivity contribution in [2.75, 3.05) is 11.9 Å². The molecule has 1 amide bonds. The normalized spacial score (nSPS) is 11.0. The van der Waals surface area contributed by atoms with Crippen molar-refractivity contribution in [1.82, 2.24) is 9.78 Å². The van der Waals surface area contributed by atoms with Crippen LogP contribution in [0.4, 0.5) is 27.6 Å². The summed E-state index contributed by atoms with van der Waals surface area (Å²) in [6, 6.07) is 4.44. The Morgan fingerprint density at radius 1 is 1.00 bits per heavy atom. The molecule has 0 aliphatic heterocycles. The molecule has 170 valence electrons. The van der Waals surface area contributed by atoms with Crippen LogP contribution in [0.1, 0.15) is 17.0 Å². The van der Waals surface area contributed by atoms with Crippen molar-refractivity contribution in [2.24, 2.45) is 0 Å². The molecule has 0 aliphatic carbocycles. The van der Waals surface area contributed by atoms with E-state index in [0.29, 0.717) is 10.8 Å². The van der Waals surface area contributed by atoms with Gasteiger partial charge in [-0.3, -0.25) is 9.48 Å². The van der Waals surface area contributed by atoms with Crippen LogP contribution >= 0.6 is 23.2 Å². The lowest BCUT2D eigenvalue weighted by molar-refractivity contribution is -0.118. The maximum Gasteiger partial charge on any atom is 0.262 e. The molecule has 5 nitrogen and oxygen atoms in total. The number of benzene rings is 2. The molecule has 3 rings (SSSR count). The lowest BCUT2D eigenvalue weighted by Gasteiger charge is -2.11. The quantitative estimate of drug-likeness (QED) is 0.277. The lowest BCUT2D eigenvalue weighted by Crippen LogP contribution is -2.21. The van der Waals surface area contributed by atoms with Crippen LogP contribution in [0.5, 0.6) is 5.75 Å². The van der Waals surface area contributed by atoms with Gasteiger partial charge in [-0.25, -0.2) is 22.0 Å². The monoisotopic (exact) mass is 493 g/mol. The highest BCUT2D eigenvalue weighted by molar-refractivity contribution is 6.42. The number of anilines is 1. The number of halogens is 7. The summed E-state index contributed by atoms with van der Waals surface area (Å²) in [5.74, 6) is -10.5. The summed E-state index contributed by atoms with van der Waals surface area (Å²) in [7, 11) is 0. The van der Waals surface area contributed by atoms with Gasteiger partial charge in [0.25, 0.3) is 5.91 Å². The second-order valence-electron chi connectivity index (χ2n) is 6.66. The van der Waals surface area contributed by atoms with Crippen molar-refractivity contribution in [3.8, 4) is 5.75 Å². The standard InChI is InChI=1S/C20H14Cl2F5N3O2/c1-8-20(28-14(31)7-32-10-3-4-12(21)13(22)5-10)9(2)30(29-8)6-11-15(23)17(25)19(27)18(26)16(11)24/h3-5H,6-7H2,1-2H3,(H,28,31). The molecule has 0 saturated carbocycles. The van der Waals surface area contributed by atoms with Crippen molar-refractivity contribution >= 4 is 34.8 Å². The zero-order chi connectivity index (χ0) is 23.7. The van der Waals surface area contributed by atoms with E-state index in [-0.39, 0.29) is 22.1 Å². The van der Waals surface area contributed by atoms with Gasteiger partial charge in [0.15, 0.2) is 29.9 Å². The SMILES string of the molecule is Cc1nn(Cc2c(F)c(F)c(F)c(F)c2F)c(C)c1NC(=O)COc1ccc(Cl)c(Cl)c1. The van der Waals surface area contributed by atoms with E-state index in [1.165, 1.54) is 32.0 Å². The second kappa shape index (κ2) is 9.33. The maximum absolute atomic E-state index is 14.0. The van der Waals surface area contributed by atoms with Crippen molar-refractivity contribution in [2.45, 2.75) is 20.4 Å². The smallest absolute Gasteiger partial charge is 0.262 e. The van der Waals surface area contributed by atoms with E-state index in [2.05, 4.69) is 10.4 Å². The number of nitrogens with zero attached hydrogens (tertiary/aromatic N) is 2. The van der Waals surface area contributed by atoms with Gasteiger partial charge in [0.05, 0.1) is 39.2 Å². The Bertz CT molecular complexity index is 1190. The van der Waals surface area contributed by atoms with Crippen molar-refractivity contribution in [1.29, 1.82) is 0 Å². The van der Waals surface area contributed by atoms with Gasteiger partial charge in [0.2, 0.25) is 5.82 Å². The van der Waals surface area contributed by atoms with Crippen LogP contribution in [0.15, 0.2) is 18.2 Å². The number of rotatable bonds is 6. The topological polar surface area (TPSA) is 56.2 Å². The molecule has 1 heterocycles. The molecule has 0 fully saturated rings. The molecule has 0 radical (unpaired) electrons. The van der Waals surface area contributed by atoms with Crippen LogP contribution < -0.4 is 10.1 Å². The van der Waals surface area contributed by atoms with E-state index in [0.717, 1.165) is 4.68 Å². The molecular formula is C20H14Cl2F5N3O2. The number of carbonyl (C=O) groups is 1. The highest BCUT2D eigenvalue weighted by Gasteiger charge is 2.27. The average molecular weight is 494 g/mol. The van der Waals surface area contributed by atoms with Crippen molar-refractivity contribution < 1.29 is 31.5 Å². The summed E-state index contributed by atoms with van der Waals surface area (Å²) in [4.78, 5) is 12.3. The molecule has 0 bridgehead atoms. The number of nitrogens with one attached hydrogen (secondary N) is 1. The first-order valence-electron chi connectivity index (χ1n) is 8.93. The zero-order valence-electron chi connectivity index (χ0n) is 16.5. The van der Waals surface area contributed by atoms with E-state index in [4.69, 9.17) is 27.9 Å². The van der Waals surface area contributed by atoms with Crippen LogP contribution in [0.25, 0.3) is 0 Å². The Kier molecular flexibility index (Phi) is 6.94. The van der Waals surface area contributed by atoms with Crippen LogP contribution in [0, 0.1) is 42.9 Å². The van der Waals surface area contributed by atoms with Gasteiger partial charge in [0, 0.05) is 6.07 Å². The molecule has 0 unspecified atom stereocenters. The minimum atomic E-state index is -2.24. The average Bonchev–Trinajstić information content (AvgIpc) is 3.02. The molecule has 0 aliphatic rings. The molecule has 1 N–H and O–H groups in total. The summed E-state index contributed by atoms with van der Waals surface area (Å²) >= 11 is 11.7. The van der Waals surface area contributed by atoms with Gasteiger partial charge in [-0.2, -0.15) is 5.10 Å². The first kappa shape index (κ1) is 23.8. The molecule has 0 saturated heterocycles. The van der Waals surface area contributed by atoms with E-state index < -0.39 is 53.7 Å². The molecule has 32 heavy (non-hydrogen) atoms. The first-order chi connectivity index (χ1) is 15.0. The minimum absolute atomic E-state index is 0.205. The van der Waals surface area contributed by atoms with Gasteiger partial charge < -0.3 is 10.1 Å². The van der Waals surface area contributed by atoms with E-state index in [1.807, 2.05) is 0 Å². The van der Waals surface area contributed by atoms with Crippen LogP contribution in [0.2, 0.25) is 10.0 Å². The summed E-state index contributed by atoms with van der Waals surface area (Å²) in [6.07, 6.45) is 0. The van der Waals surface area contributed by atoms with Gasteiger partial charge in [0.1, 0.15) is 5.75 Å². The van der Waals surface area contributed by atoms with Gasteiger partial charge in [-0.1, -0.05) is 23.2 Å². The predicted molar refractivity (Wildman–Crippen MR) is 108 cm³/mol. The summed E-state index contributed by atoms with van der Waals surface area (Å²) in [6.45, 7) is 1.81. The maximum atomic E-state index is 14.0. The Labute approximate surface area is 188 Å². The first-order valence-corrected chi connectivity index (χ1v) is 9.68. The fourth-order valence-corrected chi connectivity index (χ4v) is 3.15. The molecule has 2 aromatic carbocycles. The number of ether oxygens (including phenoxy) is 1. The number of aromatic nitrogens is 2. The lowest BCUT2D eigenvalue weighted by atomic mass is 10.1. The Balaban J connectivity index is 1.77. The van der Waals surface area contributed by atoms with Crippen LogP contribution in [0.3, 0.4) is 0 Å². The predicted octanol–water partition coefficient (Wildman–Crippen LogP) is 5.57. The van der Waals surface area contributed by atoms with Crippen molar-refractivity contribution in [3.63, 3.8) is 0 Å². The summed E-state index contributed by atoms with van der Waals surface area (Å²) < 4.78 is 74.5. The molecule has 3 aromatic rings. The van der Waals surface area contributed by atoms with E-state index >= 15 is 0 Å². The Morgan fingerprint density at radius 2 is 1.59 bits per heavy atom. The van der Waals surface area contributed by atoms with Crippen LogP contribution in [-0.2, 0) is 11.3 Å². The third-order valence-electron chi connectivity index (χ3n) is 4.52. The fraction of sp³-hybridized carbons (Fsp3) is 0.200. The minimum Gasteiger partial charge on any atom is -0.484 e. The number of hydrogen-bond donors (Lipinski definition) is 1. The zero-order valence-corrected chi connectivity index (χ0v) is 18.0. The molecule has 12 heteroatoms.